The van der Waals surface area contributed by atoms with Crippen LogP contribution in [0.25, 0.3) is 5.65 Å². The maximum absolute atomic E-state index is 11.9. The van der Waals surface area contributed by atoms with Crippen molar-refractivity contribution in [2.75, 3.05) is 6.61 Å². The van der Waals surface area contributed by atoms with E-state index in [1.807, 2.05) is 19.9 Å². The standard InChI is InChI=1S/C13H14N4O2/c1-5-19-13(18)11-9(4)17-12(10(11)6-14)15-7(2)8(3)16-17/h5H2,1-4H3. The van der Waals surface area contributed by atoms with Gasteiger partial charge < -0.3 is 4.74 Å². The summed E-state index contributed by atoms with van der Waals surface area (Å²) in [5.74, 6) is -0.515. The summed E-state index contributed by atoms with van der Waals surface area (Å²) >= 11 is 0. The number of fused-ring (bicyclic) bond motifs is 1. The molecule has 0 saturated carbocycles. The molecular formula is C13H14N4O2. The minimum absolute atomic E-state index is 0.214. The number of hydrogen-bond acceptors (Lipinski definition) is 5. The predicted octanol–water partition coefficient (Wildman–Crippen LogP) is 1.70. The number of nitrogens with zero attached hydrogens (tertiary/aromatic N) is 4. The summed E-state index contributed by atoms with van der Waals surface area (Å²) in [4.78, 5) is 16.3. The first kappa shape index (κ1) is 13.0. The zero-order valence-corrected chi connectivity index (χ0v) is 11.3. The van der Waals surface area contributed by atoms with Crippen LogP contribution in [0.2, 0.25) is 0 Å². The summed E-state index contributed by atoms with van der Waals surface area (Å²) < 4.78 is 6.50. The fraction of sp³-hybridized carbons (Fsp3) is 0.385. The van der Waals surface area contributed by atoms with Crippen molar-refractivity contribution in [2.45, 2.75) is 27.7 Å². The fourth-order valence-corrected chi connectivity index (χ4v) is 1.91. The smallest absolute Gasteiger partial charge is 0.341 e. The van der Waals surface area contributed by atoms with Gasteiger partial charge in [-0.15, -0.1) is 0 Å². The Balaban J connectivity index is 2.82. The molecule has 0 unspecified atom stereocenters. The molecule has 98 valence electrons. The third-order valence-corrected chi connectivity index (χ3v) is 2.99. The molecule has 0 saturated heterocycles. The van der Waals surface area contributed by atoms with Crippen LogP contribution in [-0.2, 0) is 4.74 Å². The Morgan fingerprint density at radius 3 is 2.63 bits per heavy atom. The van der Waals surface area contributed by atoms with E-state index in [1.165, 1.54) is 4.52 Å². The maximum Gasteiger partial charge on any atom is 0.341 e. The normalized spacial score (nSPS) is 10.5. The molecule has 0 amide bonds. The van der Waals surface area contributed by atoms with Gasteiger partial charge in [-0.3, -0.25) is 0 Å². The van der Waals surface area contributed by atoms with Crippen LogP contribution in [0.1, 0.15) is 39.9 Å². The molecule has 0 bridgehead atoms. The largest absolute Gasteiger partial charge is 0.462 e. The lowest BCUT2D eigenvalue weighted by molar-refractivity contribution is 0.0525. The molecule has 19 heavy (non-hydrogen) atoms. The quantitative estimate of drug-likeness (QED) is 0.766. The van der Waals surface area contributed by atoms with Crippen LogP contribution < -0.4 is 0 Å². The number of esters is 1. The van der Waals surface area contributed by atoms with Gasteiger partial charge >= 0.3 is 5.97 Å². The molecule has 0 spiro atoms. The number of aryl methyl sites for hydroxylation is 3. The maximum atomic E-state index is 11.9. The van der Waals surface area contributed by atoms with Crippen molar-refractivity contribution in [3.05, 3.63) is 28.2 Å². The van der Waals surface area contributed by atoms with Crippen LogP contribution in [0.3, 0.4) is 0 Å². The third kappa shape index (κ3) is 1.93. The first-order chi connectivity index (χ1) is 9.01. The molecule has 0 radical (unpaired) electrons. The second kappa shape index (κ2) is 4.69. The zero-order valence-electron chi connectivity index (χ0n) is 11.3. The molecule has 2 heterocycles. The van der Waals surface area contributed by atoms with Gasteiger partial charge in [-0.25, -0.2) is 14.3 Å². The molecule has 0 aliphatic carbocycles. The fourth-order valence-electron chi connectivity index (χ4n) is 1.91. The van der Waals surface area contributed by atoms with Crippen LogP contribution in [0.4, 0.5) is 0 Å². The number of carbonyl (C=O) groups excluding carboxylic acids is 1. The number of hydrogen-bond donors (Lipinski definition) is 0. The highest BCUT2D eigenvalue weighted by Gasteiger charge is 2.24. The van der Waals surface area contributed by atoms with E-state index in [1.54, 1.807) is 13.8 Å². The van der Waals surface area contributed by atoms with Gasteiger partial charge in [0.2, 0.25) is 0 Å². The second-order valence-electron chi connectivity index (χ2n) is 4.19. The van der Waals surface area contributed by atoms with Gasteiger partial charge in [0.05, 0.1) is 23.7 Å². The molecule has 6 heteroatoms. The Morgan fingerprint density at radius 2 is 2.05 bits per heavy atom. The van der Waals surface area contributed by atoms with Crippen LogP contribution in [0.15, 0.2) is 0 Å². The lowest BCUT2D eigenvalue weighted by Crippen LogP contribution is -2.07. The SMILES string of the molecule is CCOC(=O)c1c(C#N)c2nc(C)c(C)nn2c1C. The van der Waals surface area contributed by atoms with E-state index in [2.05, 4.69) is 10.1 Å². The molecule has 6 nitrogen and oxygen atoms in total. The molecular weight excluding hydrogens is 244 g/mol. The van der Waals surface area contributed by atoms with E-state index in [9.17, 15) is 10.1 Å². The van der Waals surface area contributed by atoms with Crippen LogP contribution >= 0.6 is 0 Å². The van der Waals surface area contributed by atoms with Gasteiger partial charge in [-0.1, -0.05) is 0 Å². The van der Waals surface area contributed by atoms with E-state index in [-0.39, 0.29) is 17.7 Å². The van der Waals surface area contributed by atoms with Crippen molar-refractivity contribution in [3.8, 4) is 6.07 Å². The Morgan fingerprint density at radius 1 is 1.37 bits per heavy atom. The molecule has 0 atom stereocenters. The highest BCUT2D eigenvalue weighted by Crippen LogP contribution is 2.22. The van der Waals surface area contributed by atoms with Crippen molar-refractivity contribution in [1.29, 1.82) is 5.26 Å². The Bertz CT molecular complexity index is 710. The summed E-state index contributed by atoms with van der Waals surface area (Å²) in [5.41, 5.74) is 2.91. The lowest BCUT2D eigenvalue weighted by Gasteiger charge is -2.02. The lowest BCUT2D eigenvalue weighted by atomic mass is 10.1. The van der Waals surface area contributed by atoms with Gasteiger partial charge in [-0.05, 0) is 27.7 Å². The van der Waals surface area contributed by atoms with E-state index < -0.39 is 5.97 Å². The van der Waals surface area contributed by atoms with Gasteiger partial charge in [0.1, 0.15) is 17.2 Å². The van der Waals surface area contributed by atoms with Gasteiger partial charge in [0, 0.05) is 0 Å². The van der Waals surface area contributed by atoms with E-state index in [0.717, 1.165) is 11.4 Å². The first-order valence-electron chi connectivity index (χ1n) is 5.95. The molecule has 2 aromatic rings. The summed E-state index contributed by atoms with van der Waals surface area (Å²) in [6.45, 7) is 7.35. The third-order valence-electron chi connectivity index (χ3n) is 2.99. The van der Waals surface area contributed by atoms with Crippen molar-refractivity contribution < 1.29 is 9.53 Å². The number of rotatable bonds is 2. The van der Waals surface area contributed by atoms with Crippen LogP contribution in [-0.4, -0.2) is 27.2 Å². The molecule has 0 aliphatic heterocycles. The van der Waals surface area contributed by atoms with Gasteiger partial charge in [-0.2, -0.15) is 10.4 Å². The number of aromatic nitrogens is 3. The Labute approximate surface area is 110 Å². The topological polar surface area (TPSA) is 80.3 Å². The minimum Gasteiger partial charge on any atom is -0.462 e. The van der Waals surface area contributed by atoms with Crippen molar-refractivity contribution in [3.63, 3.8) is 0 Å². The predicted molar refractivity (Wildman–Crippen MR) is 67.9 cm³/mol. The van der Waals surface area contributed by atoms with Crippen molar-refractivity contribution >= 4 is 11.6 Å². The summed E-state index contributed by atoms with van der Waals surface area (Å²) in [5, 5.41) is 13.6. The van der Waals surface area contributed by atoms with Crippen molar-refractivity contribution in [2.24, 2.45) is 0 Å². The zero-order chi connectivity index (χ0) is 14.2. The number of nitriles is 1. The highest BCUT2D eigenvalue weighted by molar-refractivity contribution is 5.96. The number of ether oxygens (including phenoxy) is 1. The summed E-state index contributed by atoms with van der Waals surface area (Å²) in [6, 6.07) is 2.02. The van der Waals surface area contributed by atoms with Gasteiger partial charge in [0.25, 0.3) is 0 Å². The van der Waals surface area contributed by atoms with E-state index in [4.69, 9.17) is 4.74 Å². The van der Waals surface area contributed by atoms with E-state index >= 15 is 0 Å². The average molecular weight is 258 g/mol. The molecule has 0 aliphatic rings. The van der Waals surface area contributed by atoms with Crippen molar-refractivity contribution in [1.82, 2.24) is 14.6 Å². The highest BCUT2D eigenvalue weighted by atomic mass is 16.5. The summed E-state index contributed by atoms with van der Waals surface area (Å²) in [6.07, 6.45) is 0. The Kier molecular flexibility index (Phi) is 3.21. The molecule has 0 N–H and O–H groups in total. The monoisotopic (exact) mass is 258 g/mol. The number of carbonyl (C=O) groups is 1. The minimum atomic E-state index is -0.515. The summed E-state index contributed by atoms with van der Waals surface area (Å²) in [7, 11) is 0. The first-order valence-corrected chi connectivity index (χ1v) is 5.95. The second-order valence-corrected chi connectivity index (χ2v) is 4.19. The van der Waals surface area contributed by atoms with Gasteiger partial charge in [0.15, 0.2) is 5.65 Å². The molecule has 2 aromatic heterocycles. The van der Waals surface area contributed by atoms with E-state index in [0.29, 0.717) is 11.3 Å². The van der Waals surface area contributed by atoms with Crippen LogP contribution in [0.5, 0.6) is 0 Å². The molecule has 2 rings (SSSR count). The molecule has 0 aromatic carbocycles. The molecule has 0 fully saturated rings. The Hall–Kier alpha value is -2.42. The average Bonchev–Trinajstić information content (AvgIpc) is 2.63. The van der Waals surface area contributed by atoms with Crippen LogP contribution in [0, 0.1) is 32.1 Å².